The molecule has 1 aliphatic rings. The van der Waals surface area contributed by atoms with Gasteiger partial charge >= 0.3 is 5.97 Å². The third-order valence-corrected chi connectivity index (χ3v) is 6.14. The van der Waals surface area contributed by atoms with Gasteiger partial charge in [0.15, 0.2) is 6.61 Å². The van der Waals surface area contributed by atoms with Crippen molar-refractivity contribution in [3.05, 3.63) is 47.8 Å². The molecular weight excluding hydrogens is 386 g/mol. The molecule has 2 N–H and O–H groups in total. The number of morpholine rings is 1. The van der Waals surface area contributed by atoms with Gasteiger partial charge in [0.1, 0.15) is 5.69 Å². The molecule has 2 aromatic rings. The molecule has 10 heteroatoms. The van der Waals surface area contributed by atoms with Crippen LogP contribution in [0.4, 0.5) is 5.69 Å². The molecule has 0 unspecified atom stereocenters. The Morgan fingerprint density at radius 3 is 2.68 bits per heavy atom. The van der Waals surface area contributed by atoms with Crippen molar-refractivity contribution in [2.75, 3.05) is 38.2 Å². The number of hydrogen-bond donors (Lipinski definition) is 2. The first kappa shape index (κ1) is 20.1. The normalized spacial score (nSPS) is 15.2. The first-order valence-corrected chi connectivity index (χ1v) is 10.1. The maximum atomic E-state index is 12.8. The van der Waals surface area contributed by atoms with Crippen LogP contribution in [0.25, 0.3) is 0 Å². The number of benzene rings is 1. The molecule has 9 nitrogen and oxygen atoms in total. The van der Waals surface area contributed by atoms with E-state index in [1.807, 2.05) is 0 Å². The van der Waals surface area contributed by atoms with Gasteiger partial charge in [-0.1, -0.05) is 6.07 Å². The van der Waals surface area contributed by atoms with Crippen molar-refractivity contribution < 1.29 is 27.5 Å². The number of carbonyl (C=O) groups excluding carboxylic acids is 2. The van der Waals surface area contributed by atoms with E-state index >= 15 is 0 Å². The molecule has 0 saturated carbocycles. The number of anilines is 1. The van der Waals surface area contributed by atoms with E-state index < -0.39 is 28.5 Å². The van der Waals surface area contributed by atoms with Gasteiger partial charge < -0.3 is 19.8 Å². The van der Waals surface area contributed by atoms with Crippen molar-refractivity contribution in [1.82, 2.24) is 9.29 Å². The van der Waals surface area contributed by atoms with Gasteiger partial charge in [0.05, 0.1) is 18.1 Å². The van der Waals surface area contributed by atoms with E-state index in [4.69, 9.17) is 9.47 Å². The number of esters is 1. The topological polar surface area (TPSA) is 118 Å². The first-order valence-electron chi connectivity index (χ1n) is 8.67. The molecule has 1 aromatic heterocycles. The zero-order valence-corrected chi connectivity index (χ0v) is 16.1. The highest BCUT2D eigenvalue weighted by atomic mass is 32.2. The third-order valence-electron chi connectivity index (χ3n) is 4.24. The summed E-state index contributed by atoms with van der Waals surface area (Å²) in [5, 5.41) is 2.59. The van der Waals surface area contributed by atoms with Crippen molar-refractivity contribution in [3.63, 3.8) is 0 Å². The summed E-state index contributed by atoms with van der Waals surface area (Å²) in [6, 6.07) is 7.70. The van der Waals surface area contributed by atoms with Gasteiger partial charge in [-0.25, -0.2) is 13.2 Å². The largest absolute Gasteiger partial charge is 0.451 e. The number of aryl methyl sites for hydroxylation is 1. The Balaban J connectivity index is 1.67. The lowest BCUT2D eigenvalue weighted by Gasteiger charge is -2.26. The molecule has 0 bridgehead atoms. The molecule has 1 amide bonds. The van der Waals surface area contributed by atoms with Crippen LogP contribution in [0.15, 0.2) is 41.4 Å². The zero-order valence-electron chi connectivity index (χ0n) is 15.3. The lowest BCUT2D eigenvalue weighted by Crippen LogP contribution is -2.40. The highest BCUT2D eigenvalue weighted by Gasteiger charge is 2.27. The van der Waals surface area contributed by atoms with Gasteiger partial charge in [0, 0.05) is 25.0 Å². The molecule has 3 rings (SSSR count). The molecule has 150 valence electrons. The van der Waals surface area contributed by atoms with Gasteiger partial charge in [0.2, 0.25) is 10.0 Å². The number of carbonyl (C=O) groups is 2. The monoisotopic (exact) mass is 407 g/mol. The summed E-state index contributed by atoms with van der Waals surface area (Å²) in [7, 11) is -3.68. The minimum atomic E-state index is -3.68. The standard InChI is InChI=1S/C18H21N3O6S/c1-13-4-5-14(28(24,25)21-7-9-26-10-8-21)11-16(13)20-17(22)12-27-18(23)15-3-2-6-19-15/h2-6,11,19H,7-10,12H2,1H3,(H,20,22). The van der Waals surface area contributed by atoms with Crippen LogP contribution in [-0.2, 0) is 24.3 Å². The highest BCUT2D eigenvalue weighted by molar-refractivity contribution is 7.89. The second kappa shape index (κ2) is 8.55. The minimum absolute atomic E-state index is 0.0821. The van der Waals surface area contributed by atoms with Crippen LogP contribution < -0.4 is 5.32 Å². The minimum Gasteiger partial charge on any atom is -0.451 e. The Morgan fingerprint density at radius 2 is 2.00 bits per heavy atom. The lowest BCUT2D eigenvalue weighted by molar-refractivity contribution is -0.119. The molecule has 1 saturated heterocycles. The fourth-order valence-corrected chi connectivity index (χ4v) is 4.12. The summed E-state index contributed by atoms with van der Waals surface area (Å²) in [6.07, 6.45) is 1.57. The van der Waals surface area contributed by atoms with E-state index in [1.54, 1.807) is 25.3 Å². The van der Waals surface area contributed by atoms with Crippen molar-refractivity contribution >= 4 is 27.6 Å². The predicted octanol–water partition coefficient (Wildman–Crippen LogP) is 1.14. The van der Waals surface area contributed by atoms with Crippen LogP contribution in [0.5, 0.6) is 0 Å². The Labute approximate surface area is 162 Å². The molecule has 0 aliphatic carbocycles. The molecular formula is C18H21N3O6S. The first-order chi connectivity index (χ1) is 13.4. The molecule has 1 aromatic carbocycles. The number of aromatic nitrogens is 1. The fourth-order valence-electron chi connectivity index (χ4n) is 2.68. The Morgan fingerprint density at radius 1 is 1.25 bits per heavy atom. The predicted molar refractivity (Wildman–Crippen MR) is 100 cm³/mol. The van der Waals surface area contributed by atoms with Crippen LogP contribution in [-0.4, -0.2) is 62.5 Å². The lowest BCUT2D eigenvalue weighted by atomic mass is 10.2. The number of sulfonamides is 1. The SMILES string of the molecule is Cc1ccc(S(=O)(=O)N2CCOCC2)cc1NC(=O)COC(=O)c1ccc[nH]1. The summed E-state index contributed by atoms with van der Waals surface area (Å²) in [5.74, 6) is -1.22. The van der Waals surface area contributed by atoms with Crippen LogP contribution in [0.3, 0.4) is 0 Å². The third kappa shape index (κ3) is 4.58. The van der Waals surface area contributed by atoms with Crippen LogP contribution >= 0.6 is 0 Å². The zero-order chi connectivity index (χ0) is 20.1. The van der Waals surface area contributed by atoms with E-state index in [0.717, 1.165) is 0 Å². The molecule has 2 heterocycles. The van der Waals surface area contributed by atoms with E-state index in [-0.39, 0.29) is 23.7 Å². The second-order valence-electron chi connectivity index (χ2n) is 6.20. The molecule has 0 spiro atoms. The van der Waals surface area contributed by atoms with E-state index in [0.29, 0.717) is 24.5 Å². The number of rotatable bonds is 6. The summed E-state index contributed by atoms with van der Waals surface area (Å²) in [5.41, 5.74) is 1.27. The van der Waals surface area contributed by atoms with Crippen molar-refractivity contribution in [2.45, 2.75) is 11.8 Å². The number of hydrogen-bond acceptors (Lipinski definition) is 6. The van der Waals surface area contributed by atoms with Gasteiger partial charge in [-0.3, -0.25) is 4.79 Å². The van der Waals surface area contributed by atoms with Crippen LogP contribution in [0, 0.1) is 6.92 Å². The number of ether oxygens (including phenoxy) is 2. The average molecular weight is 407 g/mol. The Bertz CT molecular complexity index is 950. The smallest absolute Gasteiger partial charge is 0.355 e. The average Bonchev–Trinajstić information content (AvgIpc) is 3.23. The molecule has 28 heavy (non-hydrogen) atoms. The number of nitrogens with one attached hydrogen (secondary N) is 2. The van der Waals surface area contributed by atoms with Crippen LogP contribution in [0.1, 0.15) is 16.1 Å². The highest BCUT2D eigenvalue weighted by Crippen LogP contribution is 2.23. The number of amides is 1. The van der Waals surface area contributed by atoms with Crippen molar-refractivity contribution in [2.24, 2.45) is 0 Å². The Kier molecular flexibility index (Phi) is 6.12. The second-order valence-corrected chi connectivity index (χ2v) is 8.14. The maximum absolute atomic E-state index is 12.8. The van der Waals surface area contributed by atoms with Crippen molar-refractivity contribution in [3.8, 4) is 0 Å². The number of aromatic amines is 1. The maximum Gasteiger partial charge on any atom is 0.355 e. The Hall–Kier alpha value is -2.69. The summed E-state index contributed by atoms with van der Waals surface area (Å²) < 4.78 is 37.0. The summed E-state index contributed by atoms with van der Waals surface area (Å²) >= 11 is 0. The molecule has 1 aliphatic heterocycles. The van der Waals surface area contributed by atoms with Crippen LogP contribution in [0.2, 0.25) is 0 Å². The number of H-pyrrole nitrogens is 1. The van der Waals surface area contributed by atoms with Gasteiger partial charge in [0.25, 0.3) is 5.91 Å². The molecule has 1 fully saturated rings. The van der Waals surface area contributed by atoms with E-state index in [9.17, 15) is 18.0 Å². The van der Waals surface area contributed by atoms with E-state index in [1.165, 1.54) is 22.5 Å². The van der Waals surface area contributed by atoms with Gasteiger partial charge in [-0.2, -0.15) is 4.31 Å². The summed E-state index contributed by atoms with van der Waals surface area (Å²) in [6.45, 7) is 2.52. The summed E-state index contributed by atoms with van der Waals surface area (Å²) in [4.78, 5) is 26.7. The molecule has 0 atom stereocenters. The quantitative estimate of drug-likeness (QED) is 0.694. The van der Waals surface area contributed by atoms with Crippen molar-refractivity contribution in [1.29, 1.82) is 0 Å². The number of nitrogens with zero attached hydrogens (tertiary/aromatic N) is 1. The fraction of sp³-hybridized carbons (Fsp3) is 0.333. The van der Waals surface area contributed by atoms with Gasteiger partial charge in [-0.05, 0) is 36.8 Å². The molecule has 0 radical (unpaired) electrons. The van der Waals surface area contributed by atoms with E-state index in [2.05, 4.69) is 10.3 Å². The van der Waals surface area contributed by atoms with Gasteiger partial charge in [-0.15, -0.1) is 0 Å².